The predicted molar refractivity (Wildman–Crippen MR) is 66.3 cm³/mol. The molecule has 2 atom stereocenters. The smallest absolute Gasteiger partial charge is 0.316 e. The number of ketones is 1. The van der Waals surface area contributed by atoms with Gasteiger partial charge in [0.2, 0.25) is 0 Å². The maximum Gasteiger partial charge on any atom is 0.316 e. The summed E-state index contributed by atoms with van der Waals surface area (Å²) in [7, 11) is 1.30. The molecule has 4 nitrogen and oxygen atoms in total. The number of esters is 1. The van der Waals surface area contributed by atoms with E-state index in [0.29, 0.717) is 18.0 Å². The minimum Gasteiger partial charge on any atom is -0.468 e. The van der Waals surface area contributed by atoms with Gasteiger partial charge in [-0.25, -0.2) is 4.98 Å². The van der Waals surface area contributed by atoms with Gasteiger partial charge in [0.15, 0.2) is 5.78 Å². The van der Waals surface area contributed by atoms with Crippen molar-refractivity contribution in [3.8, 4) is 0 Å². The molecular formula is C13H14ClNO3. The Hall–Kier alpha value is -1.42. The fraction of sp³-hybridized carbons (Fsp3) is 0.462. The number of ether oxygens (including phenoxy) is 1. The molecular weight excluding hydrogens is 254 g/mol. The first kappa shape index (κ1) is 13.0. The fourth-order valence-corrected chi connectivity index (χ4v) is 2.49. The van der Waals surface area contributed by atoms with Gasteiger partial charge in [0, 0.05) is 12.1 Å². The van der Waals surface area contributed by atoms with Crippen molar-refractivity contribution >= 4 is 23.4 Å². The number of halogens is 1. The van der Waals surface area contributed by atoms with Crippen molar-refractivity contribution in [3.63, 3.8) is 0 Å². The third-order valence-corrected chi connectivity index (χ3v) is 3.52. The third-order valence-electron chi connectivity index (χ3n) is 3.31. The molecule has 1 heterocycles. The second kappa shape index (κ2) is 5.06. The number of hydrogen-bond acceptors (Lipinski definition) is 4. The number of Topliss-reactive ketones (excluding diaryl/α,β-unsaturated/α-hetero) is 1. The van der Waals surface area contributed by atoms with E-state index in [-0.39, 0.29) is 11.7 Å². The summed E-state index contributed by atoms with van der Waals surface area (Å²) in [6.45, 7) is 1.82. The molecule has 0 spiro atoms. The Morgan fingerprint density at radius 2 is 2.17 bits per heavy atom. The molecule has 5 heteroatoms. The van der Waals surface area contributed by atoms with E-state index in [9.17, 15) is 9.59 Å². The quantitative estimate of drug-likeness (QED) is 0.337. The highest BCUT2D eigenvalue weighted by atomic mass is 35.5. The van der Waals surface area contributed by atoms with Gasteiger partial charge in [0.1, 0.15) is 11.1 Å². The SMILES string of the molecule is COC(=O)C1Cc2cc(Cl)ncc2CC(C)C1=O. The lowest BCUT2D eigenvalue weighted by Gasteiger charge is -2.13. The molecule has 2 rings (SSSR count). The van der Waals surface area contributed by atoms with Gasteiger partial charge < -0.3 is 4.74 Å². The largest absolute Gasteiger partial charge is 0.468 e. The van der Waals surface area contributed by atoms with Crippen LogP contribution in [0.15, 0.2) is 12.3 Å². The molecule has 1 aromatic heterocycles. The number of fused-ring (bicyclic) bond motifs is 1. The van der Waals surface area contributed by atoms with Crippen LogP contribution in [-0.2, 0) is 27.2 Å². The second-order valence-electron chi connectivity index (χ2n) is 4.56. The van der Waals surface area contributed by atoms with Crippen LogP contribution in [-0.4, -0.2) is 23.8 Å². The summed E-state index contributed by atoms with van der Waals surface area (Å²) < 4.78 is 4.70. The predicted octanol–water partition coefficient (Wildman–Crippen LogP) is 1.83. The minimum atomic E-state index is -0.732. The molecule has 0 saturated carbocycles. The summed E-state index contributed by atoms with van der Waals surface area (Å²) >= 11 is 5.85. The Kier molecular flexibility index (Phi) is 3.66. The lowest BCUT2D eigenvalue weighted by molar-refractivity contribution is -0.150. The van der Waals surface area contributed by atoms with Gasteiger partial charge in [-0.05, 0) is 30.0 Å². The summed E-state index contributed by atoms with van der Waals surface area (Å²) in [5.74, 6) is -1.50. The highest BCUT2D eigenvalue weighted by Gasteiger charge is 2.34. The Balaban J connectivity index is 2.42. The lowest BCUT2D eigenvalue weighted by Crippen LogP contribution is -2.30. The number of aromatic nitrogens is 1. The van der Waals surface area contributed by atoms with Crippen molar-refractivity contribution in [3.05, 3.63) is 28.5 Å². The van der Waals surface area contributed by atoms with Crippen LogP contribution in [0.4, 0.5) is 0 Å². The van der Waals surface area contributed by atoms with Crippen molar-refractivity contribution in [2.45, 2.75) is 19.8 Å². The van der Waals surface area contributed by atoms with Crippen LogP contribution in [0.3, 0.4) is 0 Å². The zero-order valence-electron chi connectivity index (χ0n) is 10.3. The Labute approximate surface area is 110 Å². The number of hydrogen-bond donors (Lipinski definition) is 0. The van der Waals surface area contributed by atoms with E-state index in [1.54, 1.807) is 12.3 Å². The molecule has 18 heavy (non-hydrogen) atoms. The molecule has 0 aromatic carbocycles. The normalized spacial score (nSPS) is 23.2. The van der Waals surface area contributed by atoms with Crippen LogP contribution in [0.5, 0.6) is 0 Å². The highest BCUT2D eigenvalue weighted by molar-refractivity contribution is 6.29. The van der Waals surface area contributed by atoms with Crippen molar-refractivity contribution in [1.82, 2.24) is 4.98 Å². The second-order valence-corrected chi connectivity index (χ2v) is 4.95. The first-order chi connectivity index (χ1) is 8.52. The minimum absolute atomic E-state index is 0.0748. The molecule has 0 saturated heterocycles. The molecule has 0 fully saturated rings. The average Bonchev–Trinajstić information content (AvgIpc) is 2.47. The van der Waals surface area contributed by atoms with Gasteiger partial charge >= 0.3 is 5.97 Å². The van der Waals surface area contributed by atoms with Crippen molar-refractivity contribution in [1.29, 1.82) is 0 Å². The average molecular weight is 268 g/mol. The molecule has 0 amide bonds. The van der Waals surface area contributed by atoms with Crippen LogP contribution in [0.25, 0.3) is 0 Å². The molecule has 1 aromatic rings. The van der Waals surface area contributed by atoms with Crippen molar-refractivity contribution in [2.75, 3.05) is 7.11 Å². The van der Waals surface area contributed by atoms with Crippen molar-refractivity contribution in [2.24, 2.45) is 11.8 Å². The summed E-state index contributed by atoms with van der Waals surface area (Å²) in [5.41, 5.74) is 1.88. The number of nitrogens with zero attached hydrogens (tertiary/aromatic N) is 1. The van der Waals surface area contributed by atoms with Gasteiger partial charge in [-0.3, -0.25) is 9.59 Å². The Morgan fingerprint density at radius 1 is 1.44 bits per heavy atom. The maximum atomic E-state index is 12.1. The summed E-state index contributed by atoms with van der Waals surface area (Å²) in [6, 6.07) is 1.72. The van der Waals surface area contributed by atoms with Crippen LogP contribution >= 0.6 is 11.6 Å². The van der Waals surface area contributed by atoms with Crippen LogP contribution in [0, 0.1) is 11.8 Å². The molecule has 0 radical (unpaired) electrons. The first-order valence-electron chi connectivity index (χ1n) is 5.77. The van der Waals surface area contributed by atoms with E-state index in [2.05, 4.69) is 4.98 Å². The Bertz CT molecular complexity index is 501. The van der Waals surface area contributed by atoms with Gasteiger partial charge in [-0.15, -0.1) is 0 Å². The van der Waals surface area contributed by atoms with E-state index in [0.717, 1.165) is 11.1 Å². The first-order valence-corrected chi connectivity index (χ1v) is 6.15. The summed E-state index contributed by atoms with van der Waals surface area (Å²) in [6.07, 6.45) is 2.61. The van der Waals surface area contributed by atoms with Gasteiger partial charge in [0.05, 0.1) is 7.11 Å². The zero-order chi connectivity index (χ0) is 13.3. The monoisotopic (exact) mass is 267 g/mol. The number of rotatable bonds is 1. The molecule has 0 bridgehead atoms. The highest BCUT2D eigenvalue weighted by Crippen LogP contribution is 2.27. The van der Waals surface area contributed by atoms with E-state index < -0.39 is 11.9 Å². The van der Waals surface area contributed by atoms with Crippen molar-refractivity contribution < 1.29 is 14.3 Å². The fourth-order valence-electron chi connectivity index (χ4n) is 2.31. The number of methoxy groups -OCH3 is 1. The van der Waals surface area contributed by atoms with Crippen LogP contribution in [0.2, 0.25) is 5.15 Å². The molecule has 0 aliphatic heterocycles. The third kappa shape index (κ3) is 2.38. The van der Waals surface area contributed by atoms with E-state index in [1.807, 2.05) is 6.92 Å². The topological polar surface area (TPSA) is 56.3 Å². The number of pyridine rings is 1. The standard InChI is InChI=1S/C13H14ClNO3/c1-7-3-9-6-15-11(14)5-8(9)4-10(12(7)16)13(17)18-2/h5-7,10H,3-4H2,1-2H3. The van der Waals surface area contributed by atoms with Crippen LogP contribution < -0.4 is 0 Å². The molecule has 1 aliphatic rings. The van der Waals surface area contributed by atoms with E-state index >= 15 is 0 Å². The molecule has 2 unspecified atom stereocenters. The molecule has 0 N–H and O–H groups in total. The molecule has 1 aliphatic carbocycles. The Morgan fingerprint density at radius 3 is 2.83 bits per heavy atom. The van der Waals surface area contributed by atoms with E-state index in [4.69, 9.17) is 16.3 Å². The van der Waals surface area contributed by atoms with Crippen LogP contribution in [0.1, 0.15) is 18.1 Å². The van der Waals surface area contributed by atoms with Gasteiger partial charge in [-0.1, -0.05) is 18.5 Å². The van der Waals surface area contributed by atoms with Gasteiger partial charge in [-0.2, -0.15) is 0 Å². The van der Waals surface area contributed by atoms with Gasteiger partial charge in [0.25, 0.3) is 0 Å². The van der Waals surface area contributed by atoms with E-state index in [1.165, 1.54) is 7.11 Å². The lowest BCUT2D eigenvalue weighted by atomic mass is 9.92. The number of carbonyl (C=O) groups is 2. The number of carbonyl (C=O) groups excluding carboxylic acids is 2. The summed E-state index contributed by atoms with van der Waals surface area (Å²) in [5, 5.41) is 0.374. The zero-order valence-corrected chi connectivity index (χ0v) is 11.0. The molecule has 96 valence electrons. The summed E-state index contributed by atoms with van der Waals surface area (Å²) in [4.78, 5) is 27.8. The maximum absolute atomic E-state index is 12.1.